The number of ether oxygens (including phenoxy) is 6. The second-order valence-electron chi connectivity index (χ2n) is 10.8. The minimum atomic E-state index is -4.58. The predicted octanol–water partition coefficient (Wildman–Crippen LogP) is 7.26. The molecule has 0 saturated carbocycles. The number of rotatable bonds is 15. The van der Waals surface area contributed by atoms with E-state index in [9.17, 15) is 13.2 Å². The molecular weight excluding hydrogens is 585 g/mol. The van der Waals surface area contributed by atoms with Crippen LogP contribution in [0.2, 0.25) is 0 Å². The van der Waals surface area contributed by atoms with E-state index >= 15 is 0 Å². The zero-order valence-electron chi connectivity index (χ0n) is 24.8. The second-order valence-corrected chi connectivity index (χ2v) is 10.8. The molecule has 5 rings (SSSR count). The highest BCUT2D eigenvalue weighted by molar-refractivity contribution is 5.16. The molecule has 4 aromatic rings. The summed E-state index contributed by atoms with van der Waals surface area (Å²) >= 11 is 0. The van der Waals surface area contributed by atoms with Crippen LogP contribution in [0, 0.1) is 0 Å². The Balaban J connectivity index is 1.43. The van der Waals surface area contributed by atoms with Crippen molar-refractivity contribution < 1.29 is 41.6 Å². The van der Waals surface area contributed by atoms with Gasteiger partial charge in [0.25, 0.3) is 0 Å². The Kier molecular flexibility index (Phi) is 12.1. The van der Waals surface area contributed by atoms with Gasteiger partial charge in [-0.25, -0.2) is 0 Å². The number of alkyl halides is 3. The predicted molar refractivity (Wildman–Crippen MR) is 162 cm³/mol. The Morgan fingerprint density at radius 1 is 0.489 bits per heavy atom. The van der Waals surface area contributed by atoms with E-state index < -0.39 is 43.5 Å². The highest BCUT2D eigenvalue weighted by Gasteiger charge is 2.50. The Labute approximate surface area is 261 Å². The molecule has 4 aromatic carbocycles. The van der Waals surface area contributed by atoms with Crippen molar-refractivity contribution in [1.82, 2.24) is 0 Å². The van der Waals surface area contributed by atoms with Crippen LogP contribution in [0.1, 0.15) is 22.3 Å². The molecule has 1 aliphatic heterocycles. The standard InChI is InChI=1S/C36H37F3O6/c37-36(38,39)26-44-35-34(43-24-30-19-11-4-12-20-30)33(42-23-29-17-9-3-10-18-29)32(41-22-28-15-7-2-8-16-28)31(45-35)25-40-21-27-13-5-1-6-14-27/h1-20,31-35H,21-26H2/t31-,32+,33+,34-,35+/m1/s1. The first-order valence-electron chi connectivity index (χ1n) is 14.9. The molecule has 9 heteroatoms. The van der Waals surface area contributed by atoms with Gasteiger partial charge in [-0.05, 0) is 22.3 Å². The molecule has 0 unspecified atom stereocenters. The van der Waals surface area contributed by atoms with Crippen LogP contribution in [0.15, 0.2) is 121 Å². The molecule has 45 heavy (non-hydrogen) atoms. The summed E-state index contributed by atoms with van der Waals surface area (Å²) in [6, 6.07) is 38.1. The van der Waals surface area contributed by atoms with Crippen molar-refractivity contribution in [3.05, 3.63) is 144 Å². The minimum absolute atomic E-state index is 0.0246. The molecule has 0 spiro atoms. The van der Waals surface area contributed by atoms with Gasteiger partial charge in [0.2, 0.25) is 0 Å². The van der Waals surface area contributed by atoms with Gasteiger partial charge in [-0.3, -0.25) is 0 Å². The molecule has 5 atom stereocenters. The first-order valence-corrected chi connectivity index (χ1v) is 14.9. The third-order valence-electron chi connectivity index (χ3n) is 7.25. The van der Waals surface area contributed by atoms with Gasteiger partial charge in [0.15, 0.2) is 6.29 Å². The van der Waals surface area contributed by atoms with Crippen LogP contribution in [0.25, 0.3) is 0 Å². The second kappa shape index (κ2) is 16.7. The monoisotopic (exact) mass is 622 g/mol. The van der Waals surface area contributed by atoms with Crippen molar-refractivity contribution in [1.29, 1.82) is 0 Å². The van der Waals surface area contributed by atoms with Crippen LogP contribution < -0.4 is 0 Å². The molecule has 6 nitrogen and oxygen atoms in total. The van der Waals surface area contributed by atoms with Crippen molar-refractivity contribution in [2.75, 3.05) is 13.2 Å². The first kappa shape index (κ1) is 32.8. The molecule has 1 heterocycles. The molecule has 0 radical (unpaired) electrons. The van der Waals surface area contributed by atoms with Gasteiger partial charge in [-0.2, -0.15) is 13.2 Å². The fraction of sp³-hybridized carbons (Fsp3) is 0.333. The van der Waals surface area contributed by atoms with Gasteiger partial charge in [-0.1, -0.05) is 121 Å². The van der Waals surface area contributed by atoms with Crippen LogP contribution in [-0.2, 0) is 54.8 Å². The summed E-state index contributed by atoms with van der Waals surface area (Å²) in [4.78, 5) is 0. The van der Waals surface area contributed by atoms with Crippen LogP contribution >= 0.6 is 0 Å². The Hall–Kier alpha value is -3.57. The normalized spacial score (nSPS) is 21.9. The van der Waals surface area contributed by atoms with Gasteiger partial charge in [0.05, 0.1) is 33.0 Å². The van der Waals surface area contributed by atoms with E-state index in [2.05, 4.69) is 0 Å². The van der Waals surface area contributed by atoms with E-state index in [0.29, 0.717) is 0 Å². The lowest BCUT2D eigenvalue weighted by molar-refractivity contribution is -0.341. The lowest BCUT2D eigenvalue weighted by Crippen LogP contribution is -2.62. The SMILES string of the molecule is FC(F)(F)CO[C@H]1O[C@H](COCc2ccccc2)[C@H](OCc2ccccc2)[C@H](OCc2ccccc2)[C@H]1OCc1ccccc1. The molecule has 0 aromatic heterocycles. The van der Waals surface area contributed by atoms with Gasteiger partial charge >= 0.3 is 6.18 Å². The summed E-state index contributed by atoms with van der Waals surface area (Å²) in [5.74, 6) is 0. The van der Waals surface area contributed by atoms with E-state index in [1.54, 1.807) is 0 Å². The average molecular weight is 623 g/mol. The molecule has 0 N–H and O–H groups in total. The zero-order chi connectivity index (χ0) is 31.3. The molecule has 1 aliphatic rings. The summed E-state index contributed by atoms with van der Waals surface area (Å²) < 4.78 is 77.2. The lowest BCUT2D eigenvalue weighted by atomic mass is 9.97. The molecule has 1 fully saturated rings. The van der Waals surface area contributed by atoms with Crippen molar-refractivity contribution in [3.63, 3.8) is 0 Å². The summed E-state index contributed by atoms with van der Waals surface area (Å²) in [5.41, 5.74) is 3.59. The largest absolute Gasteiger partial charge is 0.411 e. The van der Waals surface area contributed by atoms with Gasteiger partial charge in [0, 0.05) is 0 Å². The Morgan fingerprint density at radius 3 is 1.33 bits per heavy atom. The van der Waals surface area contributed by atoms with Crippen LogP contribution in [-0.4, -0.2) is 50.1 Å². The number of benzene rings is 4. The van der Waals surface area contributed by atoms with E-state index in [1.807, 2.05) is 121 Å². The fourth-order valence-corrected chi connectivity index (χ4v) is 5.06. The van der Waals surface area contributed by atoms with Crippen molar-refractivity contribution in [2.24, 2.45) is 0 Å². The van der Waals surface area contributed by atoms with Gasteiger partial charge in [0.1, 0.15) is 31.0 Å². The highest BCUT2D eigenvalue weighted by Crippen LogP contribution is 2.32. The first-order chi connectivity index (χ1) is 21.9. The lowest BCUT2D eigenvalue weighted by Gasteiger charge is -2.46. The topological polar surface area (TPSA) is 55.4 Å². The Bertz CT molecular complexity index is 1380. The third-order valence-corrected chi connectivity index (χ3v) is 7.25. The van der Waals surface area contributed by atoms with E-state index in [4.69, 9.17) is 28.4 Å². The maximum atomic E-state index is 13.4. The number of hydrogen-bond acceptors (Lipinski definition) is 6. The molecule has 0 bridgehead atoms. The molecular formula is C36H37F3O6. The summed E-state index contributed by atoms with van der Waals surface area (Å²) in [5, 5.41) is 0. The molecule has 0 amide bonds. The maximum absolute atomic E-state index is 13.4. The van der Waals surface area contributed by atoms with E-state index in [0.717, 1.165) is 22.3 Å². The summed E-state index contributed by atoms with van der Waals surface area (Å²) in [6.45, 7) is -0.714. The highest BCUT2D eigenvalue weighted by atomic mass is 19.4. The van der Waals surface area contributed by atoms with Gasteiger partial charge in [-0.15, -0.1) is 0 Å². The fourth-order valence-electron chi connectivity index (χ4n) is 5.06. The van der Waals surface area contributed by atoms with E-state index in [-0.39, 0.29) is 33.0 Å². The average Bonchev–Trinajstić information content (AvgIpc) is 3.06. The van der Waals surface area contributed by atoms with Crippen molar-refractivity contribution in [3.8, 4) is 0 Å². The van der Waals surface area contributed by atoms with E-state index in [1.165, 1.54) is 0 Å². The van der Waals surface area contributed by atoms with Crippen LogP contribution in [0.4, 0.5) is 13.2 Å². The van der Waals surface area contributed by atoms with Crippen molar-refractivity contribution >= 4 is 0 Å². The van der Waals surface area contributed by atoms with Crippen LogP contribution in [0.3, 0.4) is 0 Å². The number of hydrogen-bond donors (Lipinski definition) is 0. The Morgan fingerprint density at radius 2 is 0.889 bits per heavy atom. The molecule has 1 saturated heterocycles. The smallest absolute Gasteiger partial charge is 0.374 e. The number of halogens is 3. The molecule has 0 aliphatic carbocycles. The maximum Gasteiger partial charge on any atom is 0.411 e. The van der Waals surface area contributed by atoms with Crippen LogP contribution in [0.5, 0.6) is 0 Å². The van der Waals surface area contributed by atoms with Gasteiger partial charge < -0.3 is 28.4 Å². The summed E-state index contributed by atoms with van der Waals surface area (Å²) in [6.07, 6.45) is -9.49. The minimum Gasteiger partial charge on any atom is -0.374 e. The quantitative estimate of drug-likeness (QED) is 0.139. The van der Waals surface area contributed by atoms with Crippen molar-refractivity contribution in [2.45, 2.75) is 63.3 Å². The third kappa shape index (κ3) is 10.5. The zero-order valence-corrected chi connectivity index (χ0v) is 24.8. The summed E-state index contributed by atoms with van der Waals surface area (Å²) in [7, 11) is 0. The molecule has 238 valence electrons.